The lowest BCUT2D eigenvalue weighted by Gasteiger charge is -2.11. The molecule has 274 valence electrons. The molecular formula is C52H24N6O2. The van der Waals surface area contributed by atoms with Gasteiger partial charge in [-0.25, -0.2) is 0 Å². The smallest absolute Gasteiger partial charge is 0.137 e. The lowest BCUT2D eigenvalue weighted by molar-refractivity contribution is 0.669. The Morgan fingerprint density at radius 3 is 1.20 bits per heavy atom. The minimum Gasteiger partial charge on any atom is -0.456 e. The molecule has 0 bridgehead atoms. The molecule has 0 aliphatic carbocycles. The molecule has 0 N–H and O–H groups in total. The highest BCUT2D eigenvalue weighted by Crippen LogP contribution is 2.43. The average molecular weight is 765 g/mol. The zero-order valence-corrected chi connectivity index (χ0v) is 31.4. The van der Waals surface area contributed by atoms with Gasteiger partial charge in [-0.1, -0.05) is 48.5 Å². The summed E-state index contributed by atoms with van der Waals surface area (Å²) >= 11 is 0. The maximum atomic E-state index is 10.3. The number of hydrogen-bond acceptors (Lipinski definition) is 6. The first-order valence-corrected chi connectivity index (χ1v) is 19.2. The Morgan fingerprint density at radius 1 is 0.333 bits per heavy atom. The SMILES string of the molecule is N#Cc1ccc(-n2c3ccc(-c4ccc5c(c4)c4cc6c(cc4n5-c4ccc(C#N)cc4C#N)oc4ccccc46)cc3c3cc4c(cc32)oc2ccccc24)c(C#N)c1. The van der Waals surface area contributed by atoms with E-state index in [1.165, 1.54) is 0 Å². The molecule has 60 heavy (non-hydrogen) atoms. The van der Waals surface area contributed by atoms with E-state index in [9.17, 15) is 21.0 Å². The minimum atomic E-state index is 0.393. The van der Waals surface area contributed by atoms with Crippen molar-refractivity contribution < 1.29 is 8.83 Å². The molecular weight excluding hydrogens is 741 g/mol. The van der Waals surface area contributed by atoms with Crippen molar-refractivity contribution >= 4 is 87.5 Å². The molecule has 8 heteroatoms. The second kappa shape index (κ2) is 12.2. The van der Waals surface area contributed by atoms with E-state index in [2.05, 4.69) is 94.1 Å². The van der Waals surface area contributed by atoms with Gasteiger partial charge in [0.1, 0.15) is 34.5 Å². The first-order chi connectivity index (χ1) is 29.5. The predicted octanol–water partition coefficient (Wildman–Crippen LogP) is 12.8. The molecule has 4 heterocycles. The molecule has 8 nitrogen and oxygen atoms in total. The van der Waals surface area contributed by atoms with Gasteiger partial charge in [0.2, 0.25) is 0 Å². The predicted molar refractivity (Wildman–Crippen MR) is 234 cm³/mol. The van der Waals surface area contributed by atoms with E-state index < -0.39 is 0 Å². The van der Waals surface area contributed by atoms with Crippen LogP contribution >= 0.6 is 0 Å². The van der Waals surface area contributed by atoms with Gasteiger partial charge in [0.25, 0.3) is 0 Å². The number of aromatic nitrogens is 2. The summed E-state index contributed by atoms with van der Waals surface area (Å²) in [6.45, 7) is 0. The van der Waals surface area contributed by atoms with Crippen molar-refractivity contribution in [1.82, 2.24) is 9.13 Å². The summed E-state index contributed by atoms with van der Waals surface area (Å²) in [4.78, 5) is 0. The van der Waals surface area contributed by atoms with Crippen molar-refractivity contribution in [2.24, 2.45) is 0 Å². The van der Waals surface area contributed by atoms with Crippen LogP contribution < -0.4 is 0 Å². The normalized spacial score (nSPS) is 11.6. The van der Waals surface area contributed by atoms with Crippen LogP contribution in [0.3, 0.4) is 0 Å². The molecule has 12 aromatic rings. The van der Waals surface area contributed by atoms with E-state index in [1.807, 2.05) is 60.7 Å². The van der Waals surface area contributed by atoms with Crippen molar-refractivity contribution in [2.75, 3.05) is 0 Å². The molecule has 0 unspecified atom stereocenters. The summed E-state index contributed by atoms with van der Waals surface area (Å²) in [6.07, 6.45) is 0. The average Bonchev–Trinajstić information content (AvgIpc) is 4.03. The molecule has 0 aliphatic rings. The molecule has 12 rings (SSSR count). The molecule has 0 spiro atoms. The van der Waals surface area contributed by atoms with Gasteiger partial charge in [-0.2, -0.15) is 21.0 Å². The third-order valence-electron chi connectivity index (χ3n) is 11.8. The number of furan rings is 2. The van der Waals surface area contributed by atoms with Crippen molar-refractivity contribution in [3.63, 3.8) is 0 Å². The topological polar surface area (TPSA) is 131 Å². The number of rotatable bonds is 3. The second-order valence-electron chi connectivity index (χ2n) is 15.0. The fraction of sp³-hybridized carbons (Fsp3) is 0. The Labute approximate surface area is 340 Å². The van der Waals surface area contributed by atoms with Gasteiger partial charge in [-0.3, -0.25) is 0 Å². The zero-order chi connectivity index (χ0) is 40.2. The molecule has 0 radical (unpaired) electrons. The number of nitriles is 4. The Morgan fingerprint density at radius 2 is 0.767 bits per heavy atom. The Kier molecular flexibility index (Phi) is 6.73. The van der Waals surface area contributed by atoms with Crippen LogP contribution in [0.25, 0.3) is 110 Å². The monoisotopic (exact) mass is 764 g/mol. The van der Waals surface area contributed by atoms with E-state index in [4.69, 9.17) is 8.83 Å². The Bertz CT molecular complexity index is 3810. The standard InChI is InChI=1S/C52H24N6O2/c53-25-29-9-13-43(33(17-29)27-55)57-45-15-11-31(19-37(45)39-21-41-35-5-1-3-7-49(35)59-51(41)23-47(39)57)32-12-16-46-38(20-32)40-22-42-36-6-2-4-8-50(36)60-52(42)24-48(40)58(46)44-14-10-30(26-54)18-34(44)28-56/h1-24H. The highest BCUT2D eigenvalue weighted by atomic mass is 16.3. The number of para-hydroxylation sites is 2. The quantitative estimate of drug-likeness (QED) is 0.176. The van der Waals surface area contributed by atoms with Crippen LogP contribution in [0.2, 0.25) is 0 Å². The van der Waals surface area contributed by atoms with Crippen molar-refractivity contribution in [3.8, 4) is 46.8 Å². The van der Waals surface area contributed by atoms with Gasteiger partial charge in [0.15, 0.2) is 0 Å². The number of nitrogens with zero attached hydrogens (tertiary/aromatic N) is 6. The third-order valence-corrected chi connectivity index (χ3v) is 11.8. The largest absolute Gasteiger partial charge is 0.456 e. The third kappa shape index (κ3) is 4.56. The summed E-state index contributed by atoms with van der Waals surface area (Å²) in [5.74, 6) is 0. The molecule has 0 saturated carbocycles. The van der Waals surface area contributed by atoms with Gasteiger partial charge < -0.3 is 18.0 Å². The lowest BCUT2D eigenvalue weighted by Crippen LogP contribution is -1.98. The molecule has 8 aromatic carbocycles. The maximum absolute atomic E-state index is 10.3. The van der Waals surface area contributed by atoms with Crippen LogP contribution in [0.15, 0.2) is 154 Å². The molecule has 0 aliphatic heterocycles. The molecule has 0 saturated heterocycles. The van der Waals surface area contributed by atoms with E-state index in [1.54, 1.807) is 24.3 Å². The van der Waals surface area contributed by atoms with Crippen LogP contribution in [0, 0.1) is 45.3 Å². The highest BCUT2D eigenvalue weighted by Gasteiger charge is 2.22. The van der Waals surface area contributed by atoms with E-state index >= 15 is 0 Å². The number of fused-ring (bicyclic) bond motifs is 12. The molecule has 4 aromatic heterocycles. The maximum Gasteiger partial charge on any atom is 0.137 e. The fourth-order valence-electron chi connectivity index (χ4n) is 9.13. The Balaban J connectivity index is 1.14. The highest BCUT2D eigenvalue weighted by molar-refractivity contribution is 6.20. The fourth-order valence-corrected chi connectivity index (χ4v) is 9.13. The van der Waals surface area contributed by atoms with Gasteiger partial charge >= 0.3 is 0 Å². The van der Waals surface area contributed by atoms with Crippen molar-refractivity contribution in [2.45, 2.75) is 0 Å². The molecule has 0 fully saturated rings. The van der Waals surface area contributed by atoms with E-state index in [0.717, 1.165) is 98.6 Å². The van der Waals surface area contributed by atoms with Gasteiger partial charge in [-0.05, 0) is 96.1 Å². The van der Waals surface area contributed by atoms with Crippen LogP contribution in [-0.2, 0) is 0 Å². The lowest BCUT2D eigenvalue weighted by atomic mass is 10.00. The van der Waals surface area contributed by atoms with Crippen molar-refractivity contribution in [3.05, 3.63) is 168 Å². The second-order valence-corrected chi connectivity index (χ2v) is 15.0. The van der Waals surface area contributed by atoms with Crippen LogP contribution in [0.5, 0.6) is 0 Å². The summed E-state index contributed by atoms with van der Waals surface area (Å²) in [6, 6.07) is 56.6. The summed E-state index contributed by atoms with van der Waals surface area (Å²) < 4.78 is 16.9. The Hall–Kier alpha value is -9.08. The van der Waals surface area contributed by atoms with E-state index in [-0.39, 0.29) is 0 Å². The van der Waals surface area contributed by atoms with Crippen LogP contribution in [0.1, 0.15) is 22.3 Å². The van der Waals surface area contributed by atoms with Crippen molar-refractivity contribution in [1.29, 1.82) is 21.0 Å². The van der Waals surface area contributed by atoms with Gasteiger partial charge in [0, 0.05) is 55.2 Å². The zero-order valence-electron chi connectivity index (χ0n) is 31.4. The summed E-state index contributed by atoms with van der Waals surface area (Å²) in [5.41, 5.74) is 11.6. The number of benzene rings is 8. The summed E-state index contributed by atoms with van der Waals surface area (Å²) in [5, 5.41) is 47.9. The van der Waals surface area contributed by atoms with Gasteiger partial charge in [0.05, 0.1) is 67.8 Å². The van der Waals surface area contributed by atoms with Gasteiger partial charge in [-0.15, -0.1) is 0 Å². The molecule has 0 amide bonds. The van der Waals surface area contributed by atoms with Crippen LogP contribution in [0.4, 0.5) is 0 Å². The minimum absolute atomic E-state index is 0.393. The first-order valence-electron chi connectivity index (χ1n) is 19.2. The molecule has 0 atom stereocenters. The first kappa shape index (κ1) is 33.1. The number of hydrogen-bond donors (Lipinski definition) is 0. The summed E-state index contributed by atoms with van der Waals surface area (Å²) in [7, 11) is 0. The van der Waals surface area contributed by atoms with Crippen LogP contribution in [-0.4, -0.2) is 9.13 Å². The van der Waals surface area contributed by atoms with E-state index in [0.29, 0.717) is 33.6 Å².